The number of carbonyl (C=O) groups is 1. The van der Waals surface area contributed by atoms with Crippen LogP contribution in [0.15, 0.2) is 0 Å². The first-order valence-corrected chi connectivity index (χ1v) is 4.23. The van der Waals surface area contributed by atoms with Gasteiger partial charge in [-0.15, -0.1) is 0 Å². The highest BCUT2D eigenvalue weighted by Crippen LogP contribution is 2.63. The van der Waals surface area contributed by atoms with Gasteiger partial charge >= 0.3 is 5.97 Å². The summed E-state index contributed by atoms with van der Waals surface area (Å²) in [6.45, 7) is 0. The largest absolute Gasteiger partial charge is 0.480 e. The monoisotopic (exact) mass is 153 g/mol. The summed E-state index contributed by atoms with van der Waals surface area (Å²) in [6, 6.07) is -0.220. The lowest BCUT2D eigenvalue weighted by molar-refractivity contribution is -0.139. The van der Waals surface area contributed by atoms with Crippen LogP contribution in [0.1, 0.15) is 19.3 Å². The zero-order chi connectivity index (χ0) is 7.64. The van der Waals surface area contributed by atoms with Crippen LogP contribution >= 0.6 is 0 Å². The molecule has 2 N–H and O–H groups in total. The van der Waals surface area contributed by atoms with Crippen molar-refractivity contribution in [3.8, 4) is 0 Å². The van der Waals surface area contributed by atoms with Gasteiger partial charge in [0.05, 0.1) is 0 Å². The molecule has 11 heavy (non-hydrogen) atoms. The molecule has 0 amide bonds. The van der Waals surface area contributed by atoms with Crippen molar-refractivity contribution < 1.29 is 9.90 Å². The van der Waals surface area contributed by atoms with Gasteiger partial charge in [-0.1, -0.05) is 0 Å². The second-order valence-corrected chi connectivity index (χ2v) is 4.12. The van der Waals surface area contributed by atoms with E-state index in [0.717, 1.165) is 6.42 Å². The molecule has 1 spiro atoms. The molecular formula is C8H11NO2. The molecule has 3 fully saturated rings. The number of rotatable bonds is 1. The fourth-order valence-electron chi connectivity index (χ4n) is 2.64. The second kappa shape index (κ2) is 1.46. The molecule has 3 atom stereocenters. The van der Waals surface area contributed by atoms with Gasteiger partial charge in [0.15, 0.2) is 0 Å². The van der Waals surface area contributed by atoms with E-state index in [2.05, 4.69) is 5.32 Å². The van der Waals surface area contributed by atoms with Gasteiger partial charge in [0.25, 0.3) is 0 Å². The number of piperidine rings is 1. The molecule has 3 aliphatic rings. The molecule has 3 unspecified atom stereocenters. The smallest absolute Gasteiger partial charge is 0.321 e. The lowest BCUT2D eigenvalue weighted by atomic mass is 10.2. The Hall–Kier alpha value is -0.570. The van der Waals surface area contributed by atoms with Crippen LogP contribution < -0.4 is 5.32 Å². The fraction of sp³-hybridized carbons (Fsp3) is 0.875. The minimum absolute atomic E-state index is 0.220. The number of hydrogen-bond donors (Lipinski definition) is 2. The van der Waals surface area contributed by atoms with E-state index in [1.54, 1.807) is 0 Å². The van der Waals surface area contributed by atoms with Gasteiger partial charge < -0.3 is 5.11 Å². The Morgan fingerprint density at radius 2 is 2.27 bits per heavy atom. The van der Waals surface area contributed by atoms with Gasteiger partial charge in [0.1, 0.15) is 6.04 Å². The molecule has 0 aromatic rings. The maximum Gasteiger partial charge on any atom is 0.321 e. The summed E-state index contributed by atoms with van der Waals surface area (Å²) in [5.74, 6) is 0.528. The first-order chi connectivity index (χ1) is 5.23. The third kappa shape index (κ3) is 0.601. The number of hydrogen-bond acceptors (Lipinski definition) is 2. The summed E-state index contributed by atoms with van der Waals surface area (Å²) < 4.78 is 0. The Bertz CT molecular complexity index is 234. The molecule has 0 aromatic carbocycles. The Morgan fingerprint density at radius 3 is 2.64 bits per heavy atom. The number of fused-ring (bicyclic) bond motifs is 2. The van der Waals surface area contributed by atoms with Crippen LogP contribution in [0.5, 0.6) is 0 Å². The zero-order valence-electron chi connectivity index (χ0n) is 6.21. The normalized spacial score (nSPS) is 48.9. The van der Waals surface area contributed by atoms with E-state index in [1.807, 2.05) is 0 Å². The molecule has 3 nitrogen and oxygen atoms in total. The zero-order valence-corrected chi connectivity index (χ0v) is 6.21. The maximum absolute atomic E-state index is 10.7. The molecule has 0 bridgehead atoms. The number of nitrogens with one attached hydrogen (secondary N) is 1. The molecule has 0 aromatic heterocycles. The van der Waals surface area contributed by atoms with Crippen LogP contribution in [0, 0.1) is 11.8 Å². The van der Waals surface area contributed by atoms with E-state index < -0.39 is 5.97 Å². The average molecular weight is 153 g/mol. The molecular weight excluding hydrogens is 142 g/mol. The van der Waals surface area contributed by atoms with Gasteiger partial charge in [-0.3, -0.25) is 10.1 Å². The standard InChI is InChI=1S/C8H11NO2/c10-7(11)6-4-3-5(4)8(9-6)1-2-8/h4-6,9H,1-3H2,(H,10,11). The first kappa shape index (κ1) is 6.00. The Kier molecular flexibility index (Phi) is 0.796. The fourth-order valence-corrected chi connectivity index (χ4v) is 2.64. The lowest BCUT2D eigenvalue weighted by Crippen LogP contribution is -2.40. The highest BCUT2D eigenvalue weighted by Gasteiger charge is 2.69. The number of carboxylic acids is 1. The van der Waals surface area contributed by atoms with Crippen LogP contribution in [0.3, 0.4) is 0 Å². The molecule has 3 heteroatoms. The number of aliphatic carboxylic acids is 1. The summed E-state index contributed by atoms with van der Waals surface area (Å²) in [5.41, 5.74) is 0.299. The quantitative estimate of drug-likeness (QED) is 0.566. The summed E-state index contributed by atoms with van der Waals surface area (Å²) >= 11 is 0. The third-order valence-corrected chi connectivity index (χ3v) is 3.48. The van der Waals surface area contributed by atoms with Crippen LogP contribution in [0.4, 0.5) is 0 Å². The van der Waals surface area contributed by atoms with E-state index in [1.165, 1.54) is 12.8 Å². The Morgan fingerprint density at radius 1 is 1.55 bits per heavy atom. The highest BCUT2D eigenvalue weighted by atomic mass is 16.4. The molecule has 3 rings (SSSR count). The number of carboxylic acid groups (broad SMARTS) is 1. The Labute approximate surface area is 64.8 Å². The first-order valence-electron chi connectivity index (χ1n) is 4.23. The minimum atomic E-state index is -0.652. The molecule has 1 aliphatic heterocycles. The van der Waals surface area contributed by atoms with Crippen LogP contribution in [-0.4, -0.2) is 22.7 Å². The van der Waals surface area contributed by atoms with E-state index in [4.69, 9.17) is 5.11 Å². The molecule has 0 radical (unpaired) electrons. The van der Waals surface area contributed by atoms with Gasteiger partial charge in [0, 0.05) is 5.54 Å². The van der Waals surface area contributed by atoms with Crippen molar-refractivity contribution in [1.82, 2.24) is 5.32 Å². The van der Waals surface area contributed by atoms with Crippen molar-refractivity contribution in [3.63, 3.8) is 0 Å². The highest BCUT2D eigenvalue weighted by molar-refractivity contribution is 5.76. The van der Waals surface area contributed by atoms with Crippen molar-refractivity contribution in [2.24, 2.45) is 11.8 Å². The van der Waals surface area contributed by atoms with E-state index in [9.17, 15) is 4.79 Å². The van der Waals surface area contributed by atoms with Crippen molar-refractivity contribution in [2.45, 2.75) is 30.8 Å². The lowest BCUT2D eigenvalue weighted by Gasteiger charge is -2.13. The van der Waals surface area contributed by atoms with Crippen LogP contribution in [-0.2, 0) is 4.79 Å². The average Bonchev–Trinajstić information content (AvgIpc) is 2.69. The predicted molar refractivity (Wildman–Crippen MR) is 38.1 cm³/mol. The van der Waals surface area contributed by atoms with Crippen molar-refractivity contribution in [2.75, 3.05) is 0 Å². The van der Waals surface area contributed by atoms with Gasteiger partial charge in [0.2, 0.25) is 0 Å². The predicted octanol–water partition coefficient (Wildman–Crippen LogP) is 0.211. The molecule has 1 saturated heterocycles. The van der Waals surface area contributed by atoms with Crippen molar-refractivity contribution >= 4 is 5.97 Å². The SMILES string of the molecule is O=C(O)C1NC2(CC2)C2CC12. The summed E-state index contributed by atoms with van der Waals surface area (Å²) in [5, 5.41) is 12.0. The van der Waals surface area contributed by atoms with Gasteiger partial charge in [-0.05, 0) is 31.1 Å². The topological polar surface area (TPSA) is 49.3 Å². The molecule has 60 valence electrons. The summed E-state index contributed by atoms with van der Waals surface area (Å²) in [7, 11) is 0. The summed E-state index contributed by atoms with van der Waals surface area (Å²) in [4.78, 5) is 10.7. The molecule has 2 saturated carbocycles. The van der Waals surface area contributed by atoms with Gasteiger partial charge in [-0.25, -0.2) is 0 Å². The van der Waals surface area contributed by atoms with Crippen molar-refractivity contribution in [1.29, 1.82) is 0 Å². The van der Waals surface area contributed by atoms with Crippen LogP contribution in [0.25, 0.3) is 0 Å². The maximum atomic E-state index is 10.7. The minimum Gasteiger partial charge on any atom is -0.480 e. The van der Waals surface area contributed by atoms with E-state index in [-0.39, 0.29) is 6.04 Å². The summed E-state index contributed by atoms with van der Waals surface area (Å²) in [6.07, 6.45) is 3.57. The van der Waals surface area contributed by atoms with E-state index >= 15 is 0 Å². The van der Waals surface area contributed by atoms with Crippen molar-refractivity contribution in [3.05, 3.63) is 0 Å². The second-order valence-electron chi connectivity index (χ2n) is 4.12. The Balaban J connectivity index is 1.87. The molecule has 1 heterocycles. The van der Waals surface area contributed by atoms with E-state index in [0.29, 0.717) is 17.4 Å². The van der Waals surface area contributed by atoms with Crippen LogP contribution in [0.2, 0.25) is 0 Å². The van der Waals surface area contributed by atoms with Gasteiger partial charge in [-0.2, -0.15) is 0 Å². The third-order valence-electron chi connectivity index (χ3n) is 3.48. The molecule has 2 aliphatic carbocycles.